The summed E-state index contributed by atoms with van der Waals surface area (Å²) in [7, 11) is 0. The summed E-state index contributed by atoms with van der Waals surface area (Å²) in [5.74, 6) is -6.84. The highest BCUT2D eigenvalue weighted by atomic mass is 16.7. The van der Waals surface area contributed by atoms with Gasteiger partial charge in [0.25, 0.3) is 0 Å². The van der Waals surface area contributed by atoms with Gasteiger partial charge in [0, 0.05) is 31.1 Å². The van der Waals surface area contributed by atoms with Crippen molar-refractivity contribution in [1.29, 1.82) is 0 Å². The van der Waals surface area contributed by atoms with Crippen LogP contribution in [0.1, 0.15) is 85.5 Å². The number of cyclic esters (lactones) is 1. The predicted octanol–water partition coefficient (Wildman–Crippen LogP) is -0.435. The quantitative estimate of drug-likeness (QED) is 0.150. The van der Waals surface area contributed by atoms with Gasteiger partial charge in [0.05, 0.1) is 74.0 Å². The fraction of sp³-hybridized carbons (Fsp3) is 0.698. The number of aliphatic hydroxyl groups is 12. The van der Waals surface area contributed by atoms with Crippen molar-refractivity contribution in [2.45, 2.75) is 208 Å². The zero-order valence-corrected chi connectivity index (χ0v) is 43.0. The Morgan fingerprint density at radius 2 is 1.20 bits per heavy atom. The van der Waals surface area contributed by atoms with E-state index in [1.165, 1.54) is 13.0 Å². The number of hydrogen-bond donors (Lipinski definition) is 14. The number of carbonyl (C=O) groups excluding carboxylic acids is 1. The molecule has 22 heteroatoms. The van der Waals surface area contributed by atoms with Gasteiger partial charge < -0.3 is 101 Å². The van der Waals surface area contributed by atoms with E-state index in [2.05, 4.69) is 0 Å². The van der Waals surface area contributed by atoms with Crippen LogP contribution in [0.2, 0.25) is 0 Å². The van der Waals surface area contributed by atoms with Gasteiger partial charge in [-0.1, -0.05) is 98.9 Å². The Morgan fingerprint density at radius 1 is 0.653 bits per heavy atom. The Morgan fingerprint density at radius 3 is 1.77 bits per heavy atom. The van der Waals surface area contributed by atoms with Gasteiger partial charge in [-0.15, -0.1) is 0 Å². The van der Waals surface area contributed by atoms with Crippen LogP contribution in [0.25, 0.3) is 0 Å². The van der Waals surface area contributed by atoms with Gasteiger partial charge in [-0.3, -0.25) is 9.59 Å². The first-order chi connectivity index (χ1) is 35.4. The lowest BCUT2D eigenvalue weighted by Crippen LogP contribution is -2.66. The second-order valence-corrected chi connectivity index (χ2v) is 20.2. The van der Waals surface area contributed by atoms with Crippen molar-refractivity contribution < 1.29 is 104 Å². The fourth-order valence-corrected chi connectivity index (χ4v) is 9.52. The standard InChI is InChI=1S/C53H83NO21/c1-29-18-15-13-11-9-7-5-6-8-10-12-14-16-21-37(72-51-46(64)43(54)49(32(4)71-51)74-52-48(66)47(65)45(63)40(28-55)73-52)25-39-42(50(67)68)38(60)27-53(69,75-39)26-36(59)23-34(57)20-17-19-33(56)22-35(58)24-41(61)70-31(3)30(2)44(29)62/h5-16,18,21,29-40,42-49,51-52,55-60,62-66,69H,17,19-20,22-28,54H2,1-4H3,(H,67,68)/t29-,30-,31-,32+,33+,34-,35+,36-,37-,38-,39-,40+,42+,43+,44+,45+,46-,47-,48-,49+,51-,52-,53+/m0/s1. The van der Waals surface area contributed by atoms with Gasteiger partial charge in [0.15, 0.2) is 18.4 Å². The average Bonchev–Trinajstić information content (AvgIpc) is 3.32. The van der Waals surface area contributed by atoms with Gasteiger partial charge in [-0.2, -0.15) is 0 Å². The van der Waals surface area contributed by atoms with Crippen LogP contribution in [-0.4, -0.2) is 207 Å². The zero-order valence-electron chi connectivity index (χ0n) is 43.0. The third-order valence-electron chi connectivity index (χ3n) is 14.0. The van der Waals surface area contributed by atoms with Gasteiger partial charge in [-0.05, 0) is 46.0 Å². The van der Waals surface area contributed by atoms with E-state index in [-0.39, 0.29) is 44.4 Å². The maximum atomic E-state index is 12.7. The lowest BCUT2D eigenvalue weighted by atomic mass is 9.82. The van der Waals surface area contributed by atoms with E-state index in [4.69, 9.17) is 34.2 Å². The van der Waals surface area contributed by atoms with E-state index < -0.39 is 172 Å². The van der Waals surface area contributed by atoms with Crippen LogP contribution in [0.15, 0.2) is 85.1 Å². The molecular formula is C53H83NO21. The number of aliphatic hydroxyl groups excluding tert-OH is 11. The van der Waals surface area contributed by atoms with E-state index in [0.29, 0.717) is 0 Å². The van der Waals surface area contributed by atoms with Gasteiger partial charge >= 0.3 is 11.9 Å². The van der Waals surface area contributed by atoms with Crippen LogP contribution in [0.5, 0.6) is 0 Å². The lowest BCUT2D eigenvalue weighted by Gasteiger charge is -2.47. The largest absolute Gasteiger partial charge is 0.481 e. The number of aliphatic carboxylic acids is 1. The van der Waals surface area contributed by atoms with E-state index in [1.807, 2.05) is 13.0 Å². The molecule has 75 heavy (non-hydrogen) atoms. The molecule has 3 saturated heterocycles. The Labute approximate surface area is 438 Å². The van der Waals surface area contributed by atoms with Crippen molar-refractivity contribution in [3.05, 3.63) is 85.1 Å². The summed E-state index contributed by atoms with van der Waals surface area (Å²) in [4.78, 5) is 25.3. The molecule has 0 spiro atoms. The van der Waals surface area contributed by atoms with Crippen molar-refractivity contribution >= 4 is 11.9 Å². The number of esters is 1. The molecule has 4 rings (SSSR count). The molecule has 0 aromatic rings. The van der Waals surface area contributed by atoms with E-state index >= 15 is 0 Å². The highest BCUT2D eigenvalue weighted by molar-refractivity contribution is 5.71. The normalized spacial score (nSPS) is 43.2. The molecule has 0 radical (unpaired) electrons. The summed E-state index contributed by atoms with van der Waals surface area (Å²) >= 11 is 0. The first-order valence-electron chi connectivity index (χ1n) is 25.7. The third-order valence-corrected chi connectivity index (χ3v) is 14.0. The highest BCUT2D eigenvalue weighted by Gasteiger charge is 2.52. The van der Waals surface area contributed by atoms with E-state index in [9.17, 15) is 76.0 Å². The minimum absolute atomic E-state index is 0.0842. The molecule has 0 amide bonds. The monoisotopic (exact) mass is 1070 g/mol. The van der Waals surface area contributed by atoms with Crippen molar-refractivity contribution in [1.82, 2.24) is 0 Å². The number of fused-ring (bicyclic) bond motifs is 2. The first kappa shape index (κ1) is 63.9. The molecule has 4 aliphatic heterocycles. The summed E-state index contributed by atoms with van der Waals surface area (Å²) in [5.41, 5.74) is 6.44. The zero-order chi connectivity index (χ0) is 55.6. The second-order valence-electron chi connectivity index (χ2n) is 20.2. The van der Waals surface area contributed by atoms with Crippen LogP contribution in [0, 0.1) is 17.8 Å². The number of rotatable bonds is 6. The highest BCUT2D eigenvalue weighted by Crippen LogP contribution is 2.38. The van der Waals surface area contributed by atoms with Crippen molar-refractivity contribution in [3.8, 4) is 0 Å². The molecule has 426 valence electrons. The third kappa shape index (κ3) is 20.0. The second kappa shape index (κ2) is 31.1. The summed E-state index contributed by atoms with van der Waals surface area (Å²) in [6.07, 6.45) is -2.11. The molecule has 15 N–H and O–H groups in total. The molecule has 4 heterocycles. The summed E-state index contributed by atoms with van der Waals surface area (Å²) in [6, 6.07) is -1.31. The number of hydrogen-bond acceptors (Lipinski definition) is 21. The lowest BCUT2D eigenvalue weighted by molar-refractivity contribution is -0.345. The van der Waals surface area contributed by atoms with Crippen molar-refractivity contribution in [2.75, 3.05) is 6.61 Å². The summed E-state index contributed by atoms with van der Waals surface area (Å²) in [6.45, 7) is 6.03. The molecule has 3 fully saturated rings. The van der Waals surface area contributed by atoms with Crippen LogP contribution in [-0.2, 0) is 38.0 Å². The minimum Gasteiger partial charge on any atom is -0.481 e. The Kier molecular flexibility index (Phi) is 26.5. The van der Waals surface area contributed by atoms with E-state index in [1.54, 1.807) is 86.8 Å². The number of carboxylic acids is 1. The van der Waals surface area contributed by atoms with Crippen LogP contribution in [0.4, 0.5) is 0 Å². The number of allylic oxidation sites excluding steroid dienone is 12. The Balaban J connectivity index is 1.56. The molecule has 0 saturated carbocycles. The molecular weight excluding hydrogens is 987 g/mol. The minimum atomic E-state index is -2.31. The first-order valence-corrected chi connectivity index (χ1v) is 25.7. The van der Waals surface area contributed by atoms with E-state index in [0.717, 1.165) is 0 Å². The van der Waals surface area contributed by atoms with Crippen LogP contribution in [0.3, 0.4) is 0 Å². The number of nitrogens with two attached hydrogens (primary N) is 1. The average molecular weight is 1070 g/mol. The summed E-state index contributed by atoms with van der Waals surface area (Å²) < 4.78 is 35.1. The molecule has 0 aromatic carbocycles. The van der Waals surface area contributed by atoms with Crippen molar-refractivity contribution in [3.63, 3.8) is 0 Å². The molecule has 4 aliphatic rings. The molecule has 2 bridgehead atoms. The fourth-order valence-electron chi connectivity index (χ4n) is 9.52. The molecule has 0 unspecified atom stereocenters. The number of carboxylic acid groups (broad SMARTS) is 1. The van der Waals surface area contributed by atoms with Gasteiger partial charge in [0.1, 0.15) is 48.6 Å². The van der Waals surface area contributed by atoms with Gasteiger partial charge in [0.2, 0.25) is 0 Å². The summed E-state index contributed by atoms with van der Waals surface area (Å²) in [5, 5.41) is 139. The SMILES string of the molecule is C[C@@H]1[C@H](O)[C@@H](C)C=CC=CC=CC=CC=CC=CC=C[C@H](O[C@@H]2O[C@H](C)[C@@H](O[C@@H]3O[C@H](CO)[C@@H](O)[C@H](O)[C@@H]3O)[C@H](N)[C@@H]2O)C[C@@H]2O[C@](O)(C[C@@H](O)C[C@@H](O)CCC[C@@H](O)C[C@@H](O)CC(=O)O[C@H]1C)C[C@H](O)[C@H]2C(=O)O. The maximum Gasteiger partial charge on any atom is 0.311 e. The van der Waals surface area contributed by atoms with Crippen LogP contribution >= 0.6 is 0 Å². The van der Waals surface area contributed by atoms with Crippen LogP contribution < -0.4 is 5.73 Å². The Bertz CT molecular complexity index is 1940. The Hall–Kier alpha value is -3.60. The topological polar surface area (TPSA) is 379 Å². The molecule has 0 aliphatic carbocycles. The maximum absolute atomic E-state index is 12.7. The molecule has 0 aromatic heterocycles. The van der Waals surface area contributed by atoms with Crippen molar-refractivity contribution in [2.24, 2.45) is 23.5 Å². The molecule has 22 nitrogen and oxygen atoms in total. The van der Waals surface area contributed by atoms with Gasteiger partial charge in [-0.25, -0.2) is 0 Å². The predicted molar refractivity (Wildman–Crippen MR) is 268 cm³/mol. The smallest absolute Gasteiger partial charge is 0.311 e. The number of carbonyl (C=O) groups is 2. The number of ether oxygens (including phenoxy) is 6. The molecule has 23 atom stereocenters.